The van der Waals surface area contributed by atoms with Crippen LogP contribution in [-0.4, -0.2) is 17.1 Å². The van der Waals surface area contributed by atoms with E-state index in [2.05, 4.69) is 44.3 Å². The topological polar surface area (TPSA) is 49.3 Å². The SMILES string of the molecule is Cc1ccc(C(C)NC2CCC(C(=O)O)CC2)c(C)c1. The molecule has 0 saturated heterocycles. The van der Waals surface area contributed by atoms with E-state index in [9.17, 15) is 4.79 Å². The zero-order valence-electron chi connectivity index (χ0n) is 12.6. The number of nitrogens with one attached hydrogen (secondary N) is 1. The van der Waals surface area contributed by atoms with E-state index in [0.717, 1.165) is 25.7 Å². The Kier molecular flexibility index (Phi) is 4.81. The first-order valence-corrected chi connectivity index (χ1v) is 7.53. The summed E-state index contributed by atoms with van der Waals surface area (Å²) in [5, 5.41) is 12.7. The molecule has 0 spiro atoms. The van der Waals surface area contributed by atoms with Crippen molar-refractivity contribution >= 4 is 5.97 Å². The van der Waals surface area contributed by atoms with Gasteiger partial charge in [0.25, 0.3) is 0 Å². The number of rotatable bonds is 4. The molecule has 3 heteroatoms. The normalized spacial score (nSPS) is 24.4. The highest BCUT2D eigenvalue weighted by Gasteiger charge is 2.26. The first-order valence-electron chi connectivity index (χ1n) is 7.53. The predicted octanol–water partition coefficient (Wildman–Crippen LogP) is 3.60. The number of hydrogen-bond acceptors (Lipinski definition) is 2. The molecule has 0 aliphatic heterocycles. The molecule has 110 valence electrons. The van der Waals surface area contributed by atoms with E-state index in [-0.39, 0.29) is 5.92 Å². The highest BCUT2D eigenvalue weighted by molar-refractivity contribution is 5.70. The summed E-state index contributed by atoms with van der Waals surface area (Å²) in [6.45, 7) is 6.46. The van der Waals surface area contributed by atoms with E-state index in [0.29, 0.717) is 12.1 Å². The van der Waals surface area contributed by atoms with Gasteiger partial charge in [0.2, 0.25) is 0 Å². The maximum absolute atomic E-state index is 11.0. The Bertz CT molecular complexity index is 476. The third-order valence-electron chi connectivity index (χ3n) is 4.45. The lowest BCUT2D eigenvalue weighted by Gasteiger charge is -2.30. The number of carbonyl (C=O) groups is 1. The van der Waals surface area contributed by atoms with E-state index in [1.54, 1.807) is 0 Å². The largest absolute Gasteiger partial charge is 0.481 e. The molecule has 1 aromatic rings. The second-order valence-corrected chi connectivity index (χ2v) is 6.14. The van der Waals surface area contributed by atoms with Gasteiger partial charge in [-0.3, -0.25) is 4.79 Å². The molecule has 1 atom stereocenters. The van der Waals surface area contributed by atoms with Crippen LogP contribution in [0.2, 0.25) is 0 Å². The fraction of sp³-hybridized carbons (Fsp3) is 0.588. The van der Waals surface area contributed by atoms with Gasteiger partial charge < -0.3 is 10.4 Å². The summed E-state index contributed by atoms with van der Waals surface area (Å²) < 4.78 is 0. The molecule has 0 heterocycles. The zero-order valence-corrected chi connectivity index (χ0v) is 12.6. The number of carboxylic acids is 1. The van der Waals surface area contributed by atoms with E-state index in [1.807, 2.05) is 0 Å². The summed E-state index contributed by atoms with van der Waals surface area (Å²) in [6.07, 6.45) is 3.53. The third-order valence-corrected chi connectivity index (χ3v) is 4.45. The predicted molar refractivity (Wildman–Crippen MR) is 80.8 cm³/mol. The van der Waals surface area contributed by atoms with Crippen LogP contribution in [0.1, 0.15) is 55.3 Å². The van der Waals surface area contributed by atoms with Crippen molar-refractivity contribution in [1.82, 2.24) is 5.32 Å². The van der Waals surface area contributed by atoms with Gasteiger partial charge in [0.1, 0.15) is 0 Å². The molecule has 20 heavy (non-hydrogen) atoms. The van der Waals surface area contributed by atoms with Gasteiger partial charge in [-0.05, 0) is 57.6 Å². The van der Waals surface area contributed by atoms with Crippen molar-refractivity contribution < 1.29 is 9.90 Å². The van der Waals surface area contributed by atoms with Crippen molar-refractivity contribution in [3.8, 4) is 0 Å². The number of carboxylic acid groups (broad SMARTS) is 1. The van der Waals surface area contributed by atoms with Crippen LogP contribution in [0.4, 0.5) is 0 Å². The van der Waals surface area contributed by atoms with Crippen molar-refractivity contribution in [2.45, 2.75) is 58.5 Å². The van der Waals surface area contributed by atoms with Gasteiger partial charge in [-0.2, -0.15) is 0 Å². The lowest BCUT2D eigenvalue weighted by Crippen LogP contribution is -2.36. The molecule has 2 N–H and O–H groups in total. The fourth-order valence-electron chi connectivity index (χ4n) is 3.26. The number of aliphatic carboxylic acids is 1. The zero-order chi connectivity index (χ0) is 14.7. The van der Waals surface area contributed by atoms with Crippen LogP contribution in [0, 0.1) is 19.8 Å². The van der Waals surface area contributed by atoms with Crippen molar-refractivity contribution in [1.29, 1.82) is 0 Å². The van der Waals surface area contributed by atoms with Crippen LogP contribution in [0.3, 0.4) is 0 Å². The van der Waals surface area contributed by atoms with Gasteiger partial charge in [0, 0.05) is 12.1 Å². The van der Waals surface area contributed by atoms with E-state index >= 15 is 0 Å². The molecule has 1 aliphatic carbocycles. The summed E-state index contributed by atoms with van der Waals surface area (Å²) >= 11 is 0. The Morgan fingerprint density at radius 1 is 1.25 bits per heavy atom. The molecule has 0 aromatic heterocycles. The minimum Gasteiger partial charge on any atom is -0.481 e. The van der Waals surface area contributed by atoms with Crippen molar-refractivity contribution in [2.24, 2.45) is 5.92 Å². The summed E-state index contributed by atoms with van der Waals surface area (Å²) in [5.74, 6) is -0.768. The van der Waals surface area contributed by atoms with Gasteiger partial charge in [-0.25, -0.2) is 0 Å². The number of aryl methyl sites for hydroxylation is 2. The van der Waals surface area contributed by atoms with Gasteiger partial charge in [0.05, 0.1) is 5.92 Å². The quantitative estimate of drug-likeness (QED) is 0.882. The van der Waals surface area contributed by atoms with Crippen LogP contribution in [0.25, 0.3) is 0 Å². The summed E-state index contributed by atoms with van der Waals surface area (Å²) in [6, 6.07) is 7.34. The van der Waals surface area contributed by atoms with Crippen molar-refractivity contribution in [3.63, 3.8) is 0 Å². The monoisotopic (exact) mass is 275 g/mol. The summed E-state index contributed by atoms with van der Waals surface area (Å²) in [4.78, 5) is 11.0. The molecule has 0 radical (unpaired) electrons. The van der Waals surface area contributed by atoms with Crippen LogP contribution < -0.4 is 5.32 Å². The highest BCUT2D eigenvalue weighted by atomic mass is 16.4. The van der Waals surface area contributed by atoms with Crippen LogP contribution in [0.15, 0.2) is 18.2 Å². The molecule has 2 rings (SSSR count). The highest BCUT2D eigenvalue weighted by Crippen LogP contribution is 2.27. The standard InChI is InChI=1S/C17H25NO2/c1-11-4-9-16(12(2)10-11)13(3)18-15-7-5-14(6-8-15)17(19)20/h4,9-10,13-15,18H,5-8H2,1-3H3,(H,19,20). The Morgan fingerprint density at radius 3 is 2.45 bits per heavy atom. The Morgan fingerprint density at radius 2 is 1.90 bits per heavy atom. The van der Waals surface area contributed by atoms with E-state index in [4.69, 9.17) is 5.11 Å². The summed E-state index contributed by atoms with van der Waals surface area (Å²) in [7, 11) is 0. The third kappa shape index (κ3) is 3.60. The van der Waals surface area contributed by atoms with E-state index < -0.39 is 5.97 Å². The minimum absolute atomic E-state index is 0.135. The lowest BCUT2D eigenvalue weighted by molar-refractivity contribution is -0.142. The number of benzene rings is 1. The molecule has 1 saturated carbocycles. The van der Waals surface area contributed by atoms with Gasteiger partial charge in [-0.15, -0.1) is 0 Å². The average Bonchev–Trinajstić information content (AvgIpc) is 2.39. The molecule has 3 nitrogen and oxygen atoms in total. The van der Waals surface area contributed by atoms with Gasteiger partial charge >= 0.3 is 5.97 Å². The first-order chi connectivity index (χ1) is 9.47. The van der Waals surface area contributed by atoms with Crippen molar-refractivity contribution in [3.05, 3.63) is 34.9 Å². The maximum Gasteiger partial charge on any atom is 0.306 e. The second kappa shape index (κ2) is 6.40. The van der Waals surface area contributed by atoms with Gasteiger partial charge in [0.15, 0.2) is 0 Å². The minimum atomic E-state index is -0.633. The second-order valence-electron chi connectivity index (χ2n) is 6.14. The molecule has 0 bridgehead atoms. The fourth-order valence-corrected chi connectivity index (χ4v) is 3.26. The average molecular weight is 275 g/mol. The smallest absolute Gasteiger partial charge is 0.306 e. The Labute approximate surface area is 121 Å². The molecule has 1 fully saturated rings. The summed E-state index contributed by atoms with van der Waals surface area (Å²) in [5.41, 5.74) is 3.96. The Hall–Kier alpha value is -1.35. The van der Waals surface area contributed by atoms with Gasteiger partial charge in [-0.1, -0.05) is 23.8 Å². The van der Waals surface area contributed by atoms with Crippen LogP contribution >= 0.6 is 0 Å². The molecule has 1 unspecified atom stereocenters. The maximum atomic E-state index is 11.0. The van der Waals surface area contributed by atoms with E-state index in [1.165, 1.54) is 16.7 Å². The Balaban J connectivity index is 1.92. The first kappa shape index (κ1) is 15.0. The lowest BCUT2D eigenvalue weighted by atomic mass is 9.85. The molecule has 1 aromatic carbocycles. The molecular formula is C17H25NO2. The van der Waals surface area contributed by atoms with Crippen molar-refractivity contribution in [2.75, 3.05) is 0 Å². The van der Waals surface area contributed by atoms with Crippen LogP contribution in [0.5, 0.6) is 0 Å². The molecule has 1 aliphatic rings. The number of hydrogen-bond donors (Lipinski definition) is 2. The van der Waals surface area contributed by atoms with Crippen LogP contribution in [-0.2, 0) is 4.79 Å². The molecular weight excluding hydrogens is 250 g/mol. The molecule has 0 amide bonds.